The van der Waals surface area contributed by atoms with Crippen LogP contribution < -0.4 is 0 Å². The van der Waals surface area contributed by atoms with E-state index in [9.17, 15) is 0 Å². The van der Waals surface area contributed by atoms with E-state index in [1.165, 1.54) is 0 Å². The van der Waals surface area contributed by atoms with Crippen molar-refractivity contribution < 1.29 is 32.9 Å². The molecule has 0 fully saturated rings. The standard InChI is InChI=1S/4ClH.2Mg.6H2O/h4*1H;;;6*1H2/q;;;;2*+2;;;;;;/p-4. The van der Waals surface area contributed by atoms with Crippen LogP contribution in [0.4, 0.5) is 0 Å². The highest BCUT2D eigenvalue weighted by atomic mass is 35.6. The first-order valence-corrected chi connectivity index (χ1v) is 9.62. The van der Waals surface area contributed by atoms with Crippen LogP contribution in [0.5, 0.6) is 0 Å². The fourth-order valence-corrected chi connectivity index (χ4v) is 0. The summed E-state index contributed by atoms with van der Waals surface area (Å²) in [5, 5.41) is 0. The fourth-order valence-electron chi connectivity index (χ4n) is 0. The molecule has 0 atom stereocenters. The molecule has 0 saturated carbocycles. The lowest BCUT2D eigenvalue weighted by Gasteiger charge is -1.33. The Bertz CT molecular complexity index is 19.5. The number of halogens is 4. The first-order valence-electron chi connectivity index (χ1n) is 1.07. The molecule has 0 saturated heterocycles. The van der Waals surface area contributed by atoms with Crippen LogP contribution >= 0.6 is 36.3 Å². The average molecular weight is 299 g/mol. The molecule has 0 aromatic rings. The van der Waals surface area contributed by atoms with Gasteiger partial charge in [0.15, 0.2) is 0 Å². The van der Waals surface area contributed by atoms with Crippen molar-refractivity contribution in [1.29, 1.82) is 0 Å². The summed E-state index contributed by atoms with van der Waals surface area (Å²) >= 11 is -1.28. The Morgan fingerprint density at radius 2 is 0.417 bits per heavy atom. The lowest BCUT2D eigenvalue weighted by molar-refractivity contribution is 0.823. The van der Waals surface area contributed by atoms with Crippen molar-refractivity contribution in [2.75, 3.05) is 0 Å². The largest absolute Gasteiger partial charge is 0.618 e. The van der Waals surface area contributed by atoms with Crippen LogP contribution in [0.15, 0.2) is 0 Å². The highest BCUT2D eigenvalue weighted by Gasteiger charge is 1.65. The second-order valence-corrected chi connectivity index (χ2v) is 5.45. The summed E-state index contributed by atoms with van der Waals surface area (Å²) in [6, 6.07) is 0. The smallest absolute Gasteiger partial charge is 0.412 e. The minimum absolute atomic E-state index is 0. The van der Waals surface area contributed by atoms with Gasteiger partial charge in [0.2, 0.25) is 0 Å². The molecule has 6 nitrogen and oxygen atoms in total. The van der Waals surface area contributed by atoms with Crippen molar-refractivity contribution in [2.24, 2.45) is 0 Å². The zero-order valence-corrected chi connectivity index (χ0v) is 11.8. The molecule has 0 aromatic heterocycles. The summed E-state index contributed by atoms with van der Waals surface area (Å²) in [5.41, 5.74) is 0. The van der Waals surface area contributed by atoms with Gasteiger partial charge in [0, 0.05) is 0 Å². The molecule has 12 heteroatoms. The van der Waals surface area contributed by atoms with Crippen molar-refractivity contribution in [1.82, 2.24) is 0 Å². The molecule has 0 aliphatic heterocycles. The van der Waals surface area contributed by atoms with Gasteiger partial charge in [-0.2, -0.15) is 0 Å². The maximum atomic E-state index is 4.90. The van der Waals surface area contributed by atoms with Gasteiger partial charge in [-0.3, -0.25) is 0 Å². The first-order chi connectivity index (χ1) is 2.83. The van der Waals surface area contributed by atoms with Crippen LogP contribution in [0.2, 0.25) is 0 Å². The molecular weight excluding hydrogens is 286 g/mol. The summed E-state index contributed by atoms with van der Waals surface area (Å²) in [6.45, 7) is 0. The van der Waals surface area contributed by atoms with E-state index in [0.717, 1.165) is 0 Å². The highest BCUT2D eigenvalue weighted by molar-refractivity contribution is 7.22. The molecule has 0 radical (unpaired) electrons. The second-order valence-electron chi connectivity index (χ2n) is 0.202. The van der Waals surface area contributed by atoms with E-state index in [-0.39, 0.29) is 32.9 Å². The number of rotatable bonds is 0. The SMILES string of the molecule is O.O.O.O.O.O.[Cl][Mg][Cl].[Cl][Mg][Cl]. The van der Waals surface area contributed by atoms with Crippen molar-refractivity contribution in [3.63, 3.8) is 0 Å². The molecule has 0 heterocycles. The molecule has 0 spiro atoms. The van der Waals surface area contributed by atoms with Gasteiger partial charge in [-0.15, -0.1) is 0 Å². The van der Waals surface area contributed by atoms with Gasteiger partial charge in [0.25, 0.3) is 0 Å². The van der Waals surface area contributed by atoms with E-state index in [4.69, 9.17) is 36.3 Å². The third-order valence-corrected chi connectivity index (χ3v) is 0. The minimum Gasteiger partial charge on any atom is -0.412 e. The molecule has 80 valence electrons. The molecule has 0 aliphatic rings. The van der Waals surface area contributed by atoms with E-state index in [2.05, 4.69) is 0 Å². The van der Waals surface area contributed by atoms with Crippen molar-refractivity contribution in [2.45, 2.75) is 0 Å². The van der Waals surface area contributed by atoms with E-state index in [1.54, 1.807) is 0 Å². The predicted octanol–water partition coefficient (Wildman–Crippen LogP) is -2.95. The Morgan fingerprint density at radius 3 is 0.417 bits per heavy atom. The molecular formula is H12Cl4Mg2O6. The van der Waals surface area contributed by atoms with E-state index in [0.29, 0.717) is 0 Å². The summed E-state index contributed by atoms with van der Waals surface area (Å²) < 4.78 is 0. The van der Waals surface area contributed by atoms with Crippen molar-refractivity contribution >= 4 is 72.6 Å². The zero-order valence-electron chi connectivity index (χ0n) is 5.93. The number of hydrogen-bond acceptors (Lipinski definition) is 0. The lowest BCUT2D eigenvalue weighted by atomic mass is 16.0. The molecule has 0 aromatic carbocycles. The van der Waals surface area contributed by atoms with Crippen LogP contribution in [0.3, 0.4) is 0 Å². The Kier molecular flexibility index (Phi) is 551. The average Bonchev–Trinajstić information content (AvgIpc) is 1.39. The van der Waals surface area contributed by atoms with Crippen LogP contribution in [-0.2, 0) is 0 Å². The van der Waals surface area contributed by atoms with E-state index in [1.807, 2.05) is 0 Å². The van der Waals surface area contributed by atoms with E-state index >= 15 is 0 Å². The third kappa shape index (κ3) is 272. The molecule has 12 N–H and O–H groups in total. The minimum atomic E-state index is -0.639. The van der Waals surface area contributed by atoms with Crippen LogP contribution in [0.25, 0.3) is 0 Å². The topological polar surface area (TPSA) is 189 Å². The van der Waals surface area contributed by atoms with Gasteiger partial charge >= 0.3 is 36.3 Å². The second kappa shape index (κ2) is 105. The molecule has 0 unspecified atom stereocenters. The van der Waals surface area contributed by atoms with Crippen molar-refractivity contribution in [3.8, 4) is 0 Å². The third-order valence-electron chi connectivity index (χ3n) is 0. The van der Waals surface area contributed by atoms with Crippen LogP contribution in [0.1, 0.15) is 0 Å². The number of hydrogen-bond donors (Lipinski definition) is 0. The van der Waals surface area contributed by atoms with Crippen LogP contribution in [-0.4, -0.2) is 69.2 Å². The Balaban J connectivity index is -0.00000000296. The molecule has 0 aliphatic carbocycles. The Morgan fingerprint density at radius 1 is 0.417 bits per heavy atom. The maximum absolute atomic E-state index is 4.90. The summed E-state index contributed by atoms with van der Waals surface area (Å²) in [6.07, 6.45) is 0. The Labute approximate surface area is 104 Å². The van der Waals surface area contributed by atoms with Gasteiger partial charge in [0.1, 0.15) is 0 Å². The molecule has 12 heavy (non-hydrogen) atoms. The molecule has 0 bridgehead atoms. The normalized spacial score (nSPS) is 1.67. The molecule has 0 rings (SSSR count). The van der Waals surface area contributed by atoms with Gasteiger partial charge in [-0.25, -0.2) is 0 Å². The summed E-state index contributed by atoms with van der Waals surface area (Å²) in [7, 11) is 19.6. The van der Waals surface area contributed by atoms with Crippen molar-refractivity contribution in [3.05, 3.63) is 0 Å². The zero-order chi connectivity index (χ0) is 5.41. The first kappa shape index (κ1) is 62.8. The fraction of sp³-hybridized carbons (Fsp3) is 0. The van der Waals surface area contributed by atoms with Gasteiger partial charge in [-0.1, -0.05) is 0 Å². The lowest BCUT2D eigenvalue weighted by Crippen LogP contribution is -1.36. The van der Waals surface area contributed by atoms with Gasteiger partial charge in [0.05, 0.1) is 0 Å². The monoisotopic (exact) mass is 296 g/mol. The summed E-state index contributed by atoms with van der Waals surface area (Å²) in [4.78, 5) is 0. The maximum Gasteiger partial charge on any atom is 0.618 e. The quantitative estimate of drug-likeness (QED) is 0.413. The Hall–Kier alpha value is 2.45. The molecule has 0 amide bonds. The highest BCUT2D eigenvalue weighted by Crippen LogP contribution is 1.67. The van der Waals surface area contributed by atoms with E-state index < -0.39 is 36.3 Å². The van der Waals surface area contributed by atoms with Gasteiger partial charge in [-0.05, 0) is 0 Å². The predicted molar refractivity (Wildman–Crippen MR) is 56.6 cm³/mol. The van der Waals surface area contributed by atoms with Gasteiger partial charge < -0.3 is 69.1 Å². The summed E-state index contributed by atoms with van der Waals surface area (Å²) in [5.74, 6) is 0. The van der Waals surface area contributed by atoms with Crippen LogP contribution in [0, 0.1) is 0 Å².